The number of aryl methyl sites for hydroxylation is 1. The molecule has 0 bridgehead atoms. The maximum Gasteiger partial charge on any atom is 0.246 e. The molecule has 0 aliphatic rings. The molecule has 1 radical (unpaired) electrons. The maximum atomic E-state index is 13.0. The van der Waals surface area contributed by atoms with Crippen molar-refractivity contribution in [2.45, 2.75) is 33.2 Å². The van der Waals surface area contributed by atoms with Gasteiger partial charge in [-0.15, -0.1) is 0 Å². The molecule has 1 aromatic heterocycles. The lowest BCUT2D eigenvalue weighted by molar-refractivity contribution is -0.119. The summed E-state index contributed by atoms with van der Waals surface area (Å²) < 4.78 is 2.09. The van der Waals surface area contributed by atoms with Crippen molar-refractivity contribution in [3.8, 4) is 0 Å². The molecule has 0 aliphatic carbocycles. The molecular weight excluding hydrogens is 308 g/mol. The highest BCUT2D eigenvalue weighted by Gasteiger charge is 2.17. The minimum absolute atomic E-state index is 0.104. The van der Waals surface area contributed by atoms with Gasteiger partial charge in [0.05, 0.1) is 0 Å². The zero-order chi connectivity index (χ0) is 17.8. The van der Waals surface area contributed by atoms with Crippen LogP contribution in [-0.4, -0.2) is 17.0 Å². The van der Waals surface area contributed by atoms with E-state index in [1.165, 1.54) is 5.56 Å². The van der Waals surface area contributed by atoms with Crippen molar-refractivity contribution in [1.29, 1.82) is 0 Å². The molecule has 0 aliphatic heterocycles. The first-order valence-corrected chi connectivity index (χ1v) is 8.93. The number of para-hydroxylation sites is 1. The van der Waals surface area contributed by atoms with Gasteiger partial charge >= 0.3 is 0 Å². The number of rotatable bonds is 6. The number of carbonyl (C=O) groups excluding carboxylic acids is 1. The highest BCUT2D eigenvalue weighted by molar-refractivity contribution is 5.94. The molecule has 1 heterocycles. The van der Waals surface area contributed by atoms with E-state index < -0.39 is 0 Å². The Hall–Kier alpha value is -2.55. The minimum atomic E-state index is 0.104. The van der Waals surface area contributed by atoms with Gasteiger partial charge in [-0.1, -0.05) is 37.3 Å². The number of carbonyl (C=O) groups is 1. The predicted molar refractivity (Wildman–Crippen MR) is 105 cm³/mol. The number of aromatic nitrogens is 1. The molecule has 3 aromatic rings. The number of hydrogen-bond donors (Lipinski definition) is 0. The topological polar surface area (TPSA) is 25.2 Å². The van der Waals surface area contributed by atoms with E-state index in [0.29, 0.717) is 19.5 Å². The molecule has 0 saturated carbocycles. The number of hydrogen-bond acceptors (Lipinski definition) is 1. The number of benzene rings is 2. The van der Waals surface area contributed by atoms with Gasteiger partial charge in [-0.25, -0.2) is 0 Å². The van der Waals surface area contributed by atoms with Crippen LogP contribution in [0.2, 0.25) is 0 Å². The third kappa shape index (κ3) is 3.46. The quantitative estimate of drug-likeness (QED) is 0.645. The van der Waals surface area contributed by atoms with Crippen molar-refractivity contribution in [2.24, 2.45) is 0 Å². The van der Waals surface area contributed by atoms with E-state index in [1.54, 1.807) is 0 Å². The van der Waals surface area contributed by atoms with Crippen molar-refractivity contribution >= 4 is 22.5 Å². The molecular formula is C22H25N2O. The normalized spacial score (nSPS) is 11.0. The van der Waals surface area contributed by atoms with Gasteiger partial charge in [0.15, 0.2) is 0 Å². The number of anilines is 1. The van der Waals surface area contributed by atoms with Crippen molar-refractivity contribution in [3.05, 3.63) is 72.8 Å². The van der Waals surface area contributed by atoms with Gasteiger partial charge in [-0.05, 0) is 61.9 Å². The monoisotopic (exact) mass is 333 g/mol. The second-order valence-electron chi connectivity index (χ2n) is 6.19. The van der Waals surface area contributed by atoms with Gasteiger partial charge in [0, 0.05) is 23.4 Å². The van der Waals surface area contributed by atoms with Crippen LogP contribution < -0.4 is 4.90 Å². The van der Waals surface area contributed by atoms with Crippen molar-refractivity contribution < 1.29 is 4.79 Å². The van der Waals surface area contributed by atoms with Crippen LogP contribution in [0.5, 0.6) is 0 Å². The van der Waals surface area contributed by atoms with E-state index in [4.69, 9.17) is 0 Å². The zero-order valence-corrected chi connectivity index (χ0v) is 15.0. The Morgan fingerprint density at radius 3 is 2.60 bits per heavy atom. The smallest absolute Gasteiger partial charge is 0.246 e. The van der Waals surface area contributed by atoms with Crippen LogP contribution in [0.4, 0.5) is 5.69 Å². The van der Waals surface area contributed by atoms with Crippen molar-refractivity contribution in [1.82, 2.24) is 4.57 Å². The fourth-order valence-corrected chi connectivity index (χ4v) is 3.33. The molecule has 0 spiro atoms. The van der Waals surface area contributed by atoms with E-state index in [0.717, 1.165) is 28.7 Å². The lowest BCUT2D eigenvalue weighted by atomic mass is 10.1. The lowest BCUT2D eigenvalue weighted by Crippen LogP contribution is -2.34. The molecule has 3 nitrogen and oxygen atoms in total. The number of likely N-dealkylation sites (N-methyl/N-ethyl adjacent to an activating group) is 1. The zero-order valence-electron chi connectivity index (χ0n) is 15.0. The summed E-state index contributed by atoms with van der Waals surface area (Å²) in [5.74, 6) is 0.104. The standard InChI is InChI=1S/C22H25N2O/c1-4-17-10-9-12-20(14-17)23(6-3)22(25)16-24-19(5-2)15-18-11-7-8-13-21(18)24/h7-15H,2,4-6,16H2,1,3H3. The van der Waals surface area contributed by atoms with E-state index in [1.807, 2.05) is 36.1 Å². The van der Waals surface area contributed by atoms with Crippen LogP contribution in [0, 0.1) is 6.92 Å². The average Bonchev–Trinajstić information content (AvgIpc) is 3.00. The van der Waals surface area contributed by atoms with Crippen LogP contribution in [-0.2, 0) is 24.2 Å². The predicted octanol–water partition coefficient (Wildman–Crippen LogP) is 4.63. The molecule has 2 aromatic carbocycles. The first-order valence-electron chi connectivity index (χ1n) is 8.93. The van der Waals surface area contributed by atoms with Crippen molar-refractivity contribution in [3.63, 3.8) is 0 Å². The van der Waals surface area contributed by atoms with E-state index in [-0.39, 0.29) is 5.91 Å². The molecule has 25 heavy (non-hydrogen) atoms. The summed E-state index contributed by atoms with van der Waals surface area (Å²) in [6.07, 6.45) is 1.63. The highest BCUT2D eigenvalue weighted by atomic mass is 16.2. The Kier molecular flexibility index (Phi) is 5.22. The van der Waals surface area contributed by atoms with Gasteiger partial charge in [0.2, 0.25) is 5.91 Å². The first-order chi connectivity index (χ1) is 12.2. The van der Waals surface area contributed by atoms with Gasteiger partial charge in [0.1, 0.15) is 6.54 Å². The fourth-order valence-electron chi connectivity index (χ4n) is 3.33. The van der Waals surface area contributed by atoms with Crippen LogP contribution in [0.3, 0.4) is 0 Å². The molecule has 0 saturated heterocycles. The molecule has 0 atom stereocenters. The maximum absolute atomic E-state index is 13.0. The Bertz CT molecular complexity index is 879. The molecule has 3 rings (SSSR count). The molecule has 0 unspecified atom stereocenters. The largest absolute Gasteiger partial charge is 0.335 e. The minimum Gasteiger partial charge on any atom is -0.335 e. The van der Waals surface area contributed by atoms with E-state index in [2.05, 4.69) is 48.7 Å². The highest BCUT2D eigenvalue weighted by Crippen LogP contribution is 2.22. The van der Waals surface area contributed by atoms with Gasteiger partial charge < -0.3 is 9.47 Å². The van der Waals surface area contributed by atoms with Gasteiger partial charge in [-0.3, -0.25) is 4.79 Å². The van der Waals surface area contributed by atoms with E-state index in [9.17, 15) is 4.79 Å². The summed E-state index contributed by atoms with van der Waals surface area (Å²) in [4.78, 5) is 14.9. The summed E-state index contributed by atoms with van der Waals surface area (Å²) in [6, 6.07) is 18.6. The summed E-state index contributed by atoms with van der Waals surface area (Å²) in [5.41, 5.74) is 4.40. The summed E-state index contributed by atoms with van der Waals surface area (Å²) in [6.45, 7) is 9.16. The number of amides is 1. The first kappa shape index (κ1) is 17.3. The lowest BCUT2D eigenvalue weighted by Gasteiger charge is -2.23. The van der Waals surface area contributed by atoms with Gasteiger partial charge in [-0.2, -0.15) is 0 Å². The Labute approximate surface area is 149 Å². The number of nitrogens with zero attached hydrogens (tertiary/aromatic N) is 2. The van der Waals surface area contributed by atoms with E-state index >= 15 is 0 Å². The Balaban J connectivity index is 1.92. The summed E-state index contributed by atoms with van der Waals surface area (Å²) in [5, 5.41) is 1.16. The van der Waals surface area contributed by atoms with Crippen LogP contribution in [0.15, 0.2) is 54.6 Å². The van der Waals surface area contributed by atoms with Crippen LogP contribution in [0.25, 0.3) is 10.9 Å². The van der Waals surface area contributed by atoms with Crippen LogP contribution in [0.1, 0.15) is 25.1 Å². The van der Waals surface area contributed by atoms with Gasteiger partial charge in [0.25, 0.3) is 0 Å². The molecule has 3 heteroatoms. The summed E-state index contributed by atoms with van der Waals surface area (Å²) >= 11 is 0. The number of fused-ring (bicyclic) bond motifs is 1. The SMILES string of the molecule is [CH2]Cc1cc2ccccc2n1CC(=O)N(CC)c1cccc(CC)c1. The molecule has 129 valence electrons. The third-order valence-electron chi connectivity index (χ3n) is 4.69. The second kappa shape index (κ2) is 7.56. The second-order valence-corrected chi connectivity index (χ2v) is 6.19. The van der Waals surface area contributed by atoms with Crippen molar-refractivity contribution in [2.75, 3.05) is 11.4 Å². The fraction of sp³-hybridized carbons (Fsp3) is 0.273. The van der Waals surface area contributed by atoms with Crippen LogP contribution >= 0.6 is 0 Å². The Morgan fingerprint density at radius 1 is 1.08 bits per heavy atom. The molecule has 1 amide bonds. The average molecular weight is 333 g/mol. The third-order valence-corrected chi connectivity index (χ3v) is 4.69. The molecule has 0 N–H and O–H groups in total. The summed E-state index contributed by atoms with van der Waals surface area (Å²) in [7, 11) is 0. The Morgan fingerprint density at radius 2 is 1.88 bits per heavy atom. The molecule has 0 fully saturated rings.